The van der Waals surface area contributed by atoms with E-state index in [1.54, 1.807) is 0 Å². The molecule has 0 aliphatic rings. The van der Waals surface area contributed by atoms with Gasteiger partial charge in [-0.3, -0.25) is 0 Å². The summed E-state index contributed by atoms with van der Waals surface area (Å²) in [6.45, 7) is 17.9. The lowest BCUT2D eigenvalue weighted by molar-refractivity contribution is 1.26. The Hall–Kier alpha value is -5.53. The van der Waals surface area contributed by atoms with Gasteiger partial charge in [-0.2, -0.15) is 0 Å². The molecule has 0 heterocycles. The molecule has 0 aliphatic heterocycles. The first kappa shape index (κ1) is 36.3. The van der Waals surface area contributed by atoms with Crippen molar-refractivity contribution >= 4 is 38.9 Å². The van der Waals surface area contributed by atoms with Crippen LogP contribution in [0.3, 0.4) is 0 Å². The van der Waals surface area contributed by atoms with Gasteiger partial charge >= 0.3 is 0 Å². The van der Waals surface area contributed by atoms with Crippen molar-refractivity contribution < 1.29 is 0 Å². The van der Waals surface area contributed by atoms with Crippen LogP contribution in [-0.2, 0) is 0 Å². The van der Waals surface area contributed by atoms with Crippen LogP contribution in [0.2, 0.25) is 39.3 Å². The van der Waals surface area contributed by atoms with Crippen LogP contribution in [0.1, 0.15) is 22.3 Å². The van der Waals surface area contributed by atoms with Gasteiger partial charge in [0.25, 0.3) is 0 Å². The monoisotopic (exact) mass is 708 g/mol. The quantitative estimate of drug-likeness (QED) is 0.106. The van der Waals surface area contributed by atoms with E-state index in [0.29, 0.717) is 0 Å². The summed E-state index contributed by atoms with van der Waals surface area (Å²) in [5.74, 6) is 6.83. The molecule has 52 heavy (non-hydrogen) atoms. The first-order valence-corrected chi connectivity index (χ1v) is 25.0. The molecule has 6 aromatic rings. The van der Waals surface area contributed by atoms with E-state index >= 15 is 0 Å². The van der Waals surface area contributed by atoms with Crippen LogP contribution in [0.25, 0.3) is 33.4 Å². The molecule has 0 unspecified atom stereocenters. The smallest absolute Gasteiger partial charge is 0.129 e. The molecule has 0 atom stereocenters. The van der Waals surface area contributed by atoms with E-state index in [9.17, 15) is 0 Å². The molecule has 0 radical (unpaired) electrons. The number of anilines is 4. The highest BCUT2D eigenvalue weighted by atomic mass is 28.3. The molecule has 0 saturated heterocycles. The zero-order valence-corrected chi connectivity index (χ0v) is 33.7. The van der Waals surface area contributed by atoms with E-state index in [2.05, 4.69) is 208 Å². The normalized spacial score (nSPS) is 11.2. The second-order valence-corrected chi connectivity index (χ2v) is 25.2. The third kappa shape index (κ3) is 9.03. The van der Waals surface area contributed by atoms with E-state index in [-0.39, 0.29) is 0 Å². The Kier molecular flexibility index (Phi) is 10.5. The molecular weight excluding hydrogens is 661 g/mol. The van der Waals surface area contributed by atoms with E-state index in [4.69, 9.17) is 5.73 Å². The highest BCUT2D eigenvalue weighted by Gasteiger charge is 2.19. The predicted molar refractivity (Wildman–Crippen MR) is 232 cm³/mol. The molecule has 0 amide bonds. The number of benzene rings is 6. The average molecular weight is 709 g/mol. The Balaban J connectivity index is 1.55. The minimum atomic E-state index is -1.51. The molecular formula is C48H48N2Si2. The molecule has 0 aliphatic carbocycles. The number of nitrogen functional groups attached to an aromatic ring is 1. The summed E-state index contributed by atoms with van der Waals surface area (Å²) in [4.78, 5) is 2.35. The molecule has 2 nitrogen and oxygen atoms in total. The second kappa shape index (κ2) is 15.0. The van der Waals surface area contributed by atoms with E-state index < -0.39 is 16.1 Å². The molecule has 258 valence electrons. The fourth-order valence-corrected chi connectivity index (χ4v) is 7.19. The van der Waals surface area contributed by atoms with Crippen molar-refractivity contribution in [3.63, 3.8) is 0 Å². The Morgan fingerprint density at radius 3 is 1.31 bits per heavy atom. The Bertz CT molecular complexity index is 2310. The van der Waals surface area contributed by atoms with Gasteiger partial charge < -0.3 is 10.6 Å². The molecule has 6 rings (SSSR count). The van der Waals surface area contributed by atoms with Crippen molar-refractivity contribution in [1.82, 2.24) is 0 Å². The van der Waals surface area contributed by atoms with Gasteiger partial charge in [-0.25, -0.2) is 0 Å². The number of aryl methyl sites for hydroxylation is 2. The van der Waals surface area contributed by atoms with Crippen LogP contribution >= 0.6 is 0 Å². The minimum absolute atomic E-state index is 0.731. The van der Waals surface area contributed by atoms with Crippen LogP contribution < -0.4 is 10.6 Å². The summed E-state index contributed by atoms with van der Waals surface area (Å²) in [6, 6.07) is 47.8. The van der Waals surface area contributed by atoms with Gasteiger partial charge in [0.15, 0.2) is 0 Å². The Morgan fingerprint density at radius 2 is 0.865 bits per heavy atom. The van der Waals surface area contributed by atoms with Gasteiger partial charge in [0.05, 0.1) is 0 Å². The summed E-state index contributed by atoms with van der Waals surface area (Å²) in [6.07, 6.45) is 0. The standard InChI is InChI=1S/C48H48N2Si2/c1-35-11-9-13-42(31-35)50(43-14-10-12-36(2)32-43)44-24-26-46(48(34-44)40-21-17-38(18-22-40)28-30-52(6,7)8)45-25-23-41(49)33-47(45)39-19-15-37(16-20-39)27-29-51(3,4)5/h9-26,31-34H,49H2,1-8H3. The van der Waals surface area contributed by atoms with Gasteiger partial charge in [0.1, 0.15) is 16.1 Å². The Labute approximate surface area is 313 Å². The zero-order chi connectivity index (χ0) is 37.0. The van der Waals surface area contributed by atoms with Gasteiger partial charge in [-0.1, -0.05) is 112 Å². The Morgan fingerprint density at radius 1 is 0.442 bits per heavy atom. The molecule has 0 spiro atoms. The van der Waals surface area contributed by atoms with Crippen LogP contribution in [-0.4, -0.2) is 16.1 Å². The van der Waals surface area contributed by atoms with Gasteiger partial charge in [-0.05, 0) is 131 Å². The van der Waals surface area contributed by atoms with Crippen molar-refractivity contribution in [2.45, 2.75) is 53.1 Å². The number of nitrogens with two attached hydrogens (primary N) is 1. The lowest BCUT2D eigenvalue weighted by Crippen LogP contribution is -2.16. The van der Waals surface area contributed by atoms with Gasteiger partial charge in [-0.15, -0.1) is 11.1 Å². The fourth-order valence-electron chi connectivity index (χ4n) is 6.15. The van der Waals surface area contributed by atoms with Crippen LogP contribution in [0.5, 0.6) is 0 Å². The van der Waals surface area contributed by atoms with E-state index in [1.165, 1.54) is 11.1 Å². The third-order valence-electron chi connectivity index (χ3n) is 8.67. The molecule has 2 N–H and O–H groups in total. The van der Waals surface area contributed by atoms with E-state index in [1.807, 2.05) is 6.07 Å². The minimum Gasteiger partial charge on any atom is -0.399 e. The fraction of sp³-hybridized carbons (Fsp3) is 0.167. The number of hydrogen-bond acceptors (Lipinski definition) is 2. The maximum Gasteiger partial charge on any atom is 0.129 e. The second-order valence-electron chi connectivity index (χ2n) is 15.7. The van der Waals surface area contributed by atoms with Crippen molar-refractivity contribution in [2.24, 2.45) is 0 Å². The number of hydrogen-bond donors (Lipinski definition) is 1. The highest BCUT2D eigenvalue weighted by molar-refractivity contribution is 6.84. The lowest BCUT2D eigenvalue weighted by Gasteiger charge is -2.27. The molecule has 0 aromatic heterocycles. The molecule has 0 bridgehead atoms. The summed E-state index contributed by atoms with van der Waals surface area (Å²) >= 11 is 0. The van der Waals surface area contributed by atoms with Gasteiger partial charge in [0.2, 0.25) is 0 Å². The van der Waals surface area contributed by atoms with Crippen LogP contribution in [0, 0.1) is 36.8 Å². The number of rotatable bonds is 6. The topological polar surface area (TPSA) is 29.3 Å². The van der Waals surface area contributed by atoms with Gasteiger partial charge in [0, 0.05) is 33.9 Å². The summed E-state index contributed by atoms with van der Waals surface area (Å²) in [5.41, 5.74) is 28.7. The van der Waals surface area contributed by atoms with Crippen LogP contribution in [0.4, 0.5) is 22.7 Å². The zero-order valence-electron chi connectivity index (χ0n) is 31.7. The maximum atomic E-state index is 6.48. The first-order chi connectivity index (χ1) is 24.7. The van der Waals surface area contributed by atoms with Crippen molar-refractivity contribution in [3.8, 4) is 56.3 Å². The SMILES string of the molecule is Cc1cccc(N(c2cccc(C)c2)c2ccc(-c3ccc(N)cc3-c3ccc(C#C[Si](C)(C)C)cc3)c(-c3ccc(C#C[Si](C)(C)C)cc3)c2)c1. The molecule has 0 fully saturated rings. The summed E-state index contributed by atoms with van der Waals surface area (Å²) in [7, 11) is -2.99. The molecule has 0 saturated carbocycles. The van der Waals surface area contributed by atoms with Crippen molar-refractivity contribution in [2.75, 3.05) is 10.6 Å². The lowest BCUT2D eigenvalue weighted by atomic mass is 9.88. The molecule has 4 heteroatoms. The number of nitrogens with zero attached hydrogens (tertiary/aromatic N) is 1. The van der Waals surface area contributed by atoms with E-state index in [0.717, 1.165) is 67.3 Å². The first-order valence-electron chi connectivity index (χ1n) is 18.0. The largest absolute Gasteiger partial charge is 0.399 e. The summed E-state index contributed by atoms with van der Waals surface area (Å²) < 4.78 is 0. The van der Waals surface area contributed by atoms with Crippen LogP contribution in [0.15, 0.2) is 133 Å². The summed E-state index contributed by atoms with van der Waals surface area (Å²) in [5, 5.41) is 0. The predicted octanol–water partition coefficient (Wildman–Crippen LogP) is 12.8. The average Bonchev–Trinajstić information content (AvgIpc) is 3.10. The van der Waals surface area contributed by atoms with Crippen molar-refractivity contribution in [3.05, 3.63) is 156 Å². The van der Waals surface area contributed by atoms with Crippen molar-refractivity contribution in [1.29, 1.82) is 0 Å². The highest BCUT2D eigenvalue weighted by Crippen LogP contribution is 2.44. The maximum absolute atomic E-state index is 6.48. The molecule has 6 aromatic carbocycles. The third-order valence-corrected chi connectivity index (χ3v) is 10.4.